The molecule has 1 aliphatic rings. The van der Waals surface area contributed by atoms with E-state index in [-0.39, 0.29) is 5.82 Å². The molecule has 1 aliphatic heterocycles. The van der Waals surface area contributed by atoms with Gasteiger partial charge in [-0.1, -0.05) is 11.8 Å². The van der Waals surface area contributed by atoms with Gasteiger partial charge in [0.15, 0.2) is 0 Å². The van der Waals surface area contributed by atoms with Gasteiger partial charge in [0, 0.05) is 24.8 Å². The molecule has 3 heterocycles. The summed E-state index contributed by atoms with van der Waals surface area (Å²) >= 11 is 0. The third-order valence-electron chi connectivity index (χ3n) is 4.98. The Morgan fingerprint density at radius 2 is 1.81 bits per heavy atom. The molecule has 0 bridgehead atoms. The molecule has 0 amide bonds. The first kappa shape index (κ1) is 21.9. The number of hydrogen-bond donors (Lipinski definition) is 1. The second-order valence-corrected chi connectivity index (χ2v) is 8.40. The van der Waals surface area contributed by atoms with Crippen LogP contribution in [0.1, 0.15) is 22.5 Å². The van der Waals surface area contributed by atoms with Crippen LogP contribution in [0, 0.1) is 31.5 Å². The molecule has 1 saturated heterocycles. The number of hydrogen-bond acceptors (Lipinski definition) is 6. The summed E-state index contributed by atoms with van der Waals surface area (Å²) in [5, 5.41) is 0. The van der Waals surface area contributed by atoms with E-state index in [0.717, 1.165) is 30.2 Å². The zero-order chi connectivity index (χ0) is 22.5. The molecule has 0 spiro atoms. The minimum absolute atomic E-state index is 0.377. The molecule has 0 saturated carbocycles. The van der Waals surface area contributed by atoms with Gasteiger partial charge in [0.25, 0.3) is 0 Å². The van der Waals surface area contributed by atoms with Crippen molar-refractivity contribution in [2.45, 2.75) is 18.7 Å². The van der Waals surface area contributed by atoms with Gasteiger partial charge >= 0.3 is 0 Å². The summed E-state index contributed by atoms with van der Waals surface area (Å²) < 4.78 is 34.1. The first-order valence-corrected chi connectivity index (χ1v) is 11.2. The van der Waals surface area contributed by atoms with Gasteiger partial charge in [0.1, 0.15) is 28.9 Å². The predicted molar refractivity (Wildman–Crippen MR) is 121 cm³/mol. The van der Waals surface area contributed by atoms with Crippen molar-refractivity contribution in [3.05, 3.63) is 71.2 Å². The van der Waals surface area contributed by atoms with E-state index in [0.29, 0.717) is 35.1 Å². The van der Waals surface area contributed by atoms with Crippen LogP contribution in [0.3, 0.4) is 0 Å². The van der Waals surface area contributed by atoms with Crippen molar-refractivity contribution in [2.75, 3.05) is 35.9 Å². The van der Waals surface area contributed by atoms with Crippen LogP contribution in [0.25, 0.3) is 0 Å². The first-order chi connectivity index (χ1) is 15.5. The Bertz CT molecular complexity index is 1200. The van der Waals surface area contributed by atoms with E-state index in [1.165, 1.54) is 24.3 Å². The number of aromatic nitrogens is 3. The first-order valence-electron chi connectivity index (χ1n) is 10.1. The number of nitrogens with one attached hydrogen (secondary N) is 1. The van der Waals surface area contributed by atoms with Crippen molar-refractivity contribution in [2.24, 2.45) is 0 Å². The lowest BCUT2D eigenvalue weighted by atomic mass is 10.1. The lowest BCUT2D eigenvalue weighted by Crippen LogP contribution is -2.37. The standard InChI is InChI=1S/C23H22FN5O2S/c1-16-21(23(27-15-26-16)29-9-11-31-12-10-29)8-3-18-13-22(17(2)25-14-18)28-32(30)20-6-4-19(24)5-7-20/h4-7,13-15,28H,9-12H2,1-2H3. The van der Waals surface area contributed by atoms with Gasteiger partial charge in [-0.15, -0.1) is 0 Å². The average molecular weight is 452 g/mol. The van der Waals surface area contributed by atoms with E-state index in [9.17, 15) is 8.60 Å². The lowest BCUT2D eigenvalue weighted by Gasteiger charge is -2.28. The zero-order valence-electron chi connectivity index (χ0n) is 17.8. The number of aryl methyl sites for hydroxylation is 2. The molecule has 32 heavy (non-hydrogen) atoms. The monoisotopic (exact) mass is 451 g/mol. The number of anilines is 2. The Morgan fingerprint density at radius 1 is 1.06 bits per heavy atom. The van der Waals surface area contributed by atoms with Gasteiger partial charge in [-0.3, -0.25) is 9.71 Å². The Labute approximate surface area is 188 Å². The largest absolute Gasteiger partial charge is 0.378 e. The molecule has 0 radical (unpaired) electrons. The van der Waals surface area contributed by atoms with Crippen LogP contribution >= 0.6 is 0 Å². The fourth-order valence-corrected chi connectivity index (χ4v) is 4.09. The highest BCUT2D eigenvalue weighted by molar-refractivity contribution is 7.86. The van der Waals surface area contributed by atoms with Crippen molar-refractivity contribution in [3.63, 3.8) is 0 Å². The molecule has 4 rings (SSSR count). The molecule has 0 aliphatic carbocycles. The Hall–Kier alpha value is -3.35. The van der Waals surface area contributed by atoms with Crippen LogP contribution in [-0.4, -0.2) is 45.5 Å². The van der Waals surface area contributed by atoms with Gasteiger partial charge in [-0.2, -0.15) is 0 Å². The van der Waals surface area contributed by atoms with Crippen molar-refractivity contribution in [1.29, 1.82) is 0 Å². The van der Waals surface area contributed by atoms with Crippen molar-refractivity contribution in [1.82, 2.24) is 15.0 Å². The minimum atomic E-state index is -1.56. The minimum Gasteiger partial charge on any atom is -0.378 e. The molecular formula is C23H22FN5O2S. The molecule has 1 unspecified atom stereocenters. The second-order valence-electron chi connectivity index (χ2n) is 7.19. The maximum Gasteiger partial charge on any atom is 0.150 e. The van der Waals surface area contributed by atoms with Gasteiger partial charge in [-0.25, -0.2) is 18.6 Å². The average Bonchev–Trinajstić information content (AvgIpc) is 2.81. The van der Waals surface area contributed by atoms with E-state index in [4.69, 9.17) is 4.74 Å². The van der Waals surface area contributed by atoms with Crippen LogP contribution in [0.15, 0.2) is 47.8 Å². The number of morpholine rings is 1. The summed E-state index contributed by atoms with van der Waals surface area (Å²) in [5.74, 6) is 6.74. The summed E-state index contributed by atoms with van der Waals surface area (Å²) in [6.45, 7) is 6.52. The third kappa shape index (κ3) is 5.10. The molecule has 9 heteroatoms. The highest BCUT2D eigenvalue weighted by Crippen LogP contribution is 2.21. The van der Waals surface area contributed by atoms with Gasteiger partial charge in [-0.05, 0) is 44.2 Å². The molecule has 164 valence electrons. The smallest absolute Gasteiger partial charge is 0.150 e. The van der Waals surface area contributed by atoms with E-state index < -0.39 is 11.0 Å². The molecule has 7 nitrogen and oxygen atoms in total. The molecule has 1 aromatic carbocycles. The van der Waals surface area contributed by atoms with E-state index in [2.05, 4.69) is 36.4 Å². The zero-order valence-corrected chi connectivity index (χ0v) is 18.6. The number of ether oxygens (including phenoxy) is 1. The summed E-state index contributed by atoms with van der Waals surface area (Å²) in [6, 6.07) is 7.31. The van der Waals surface area contributed by atoms with Crippen molar-refractivity contribution in [3.8, 4) is 11.8 Å². The summed E-state index contributed by atoms with van der Waals surface area (Å²) in [5.41, 5.74) is 3.49. The summed E-state index contributed by atoms with van der Waals surface area (Å²) in [7, 11) is -1.56. The molecule has 3 aromatic rings. The SMILES string of the molecule is Cc1ncc(C#Cc2c(C)ncnc2N2CCOCC2)cc1NS(=O)c1ccc(F)cc1. The third-order valence-corrected chi connectivity index (χ3v) is 6.08. The molecule has 1 N–H and O–H groups in total. The Kier molecular flexibility index (Phi) is 6.73. The van der Waals surface area contributed by atoms with Crippen LogP contribution in [-0.2, 0) is 15.7 Å². The number of rotatable bonds is 4. The Morgan fingerprint density at radius 3 is 2.56 bits per heavy atom. The highest BCUT2D eigenvalue weighted by atomic mass is 32.2. The fourth-order valence-electron chi connectivity index (χ4n) is 3.18. The number of nitrogens with zero attached hydrogens (tertiary/aromatic N) is 4. The van der Waals surface area contributed by atoms with Crippen LogP contribution in [0.5, 0.6) is 0 Å². The summed E-state index contributed by atoms with van der Waals surface area (Å²) in [4.78, 5) is 15.7. The number of benzene rings is 1. The maximum absolute atomic E-state index is 13.1. The topological polar surface area (TPSA) is 80.2 Å². The highest BCUT2D eigenvalue weighted by Gasteiger charge is 2.17. The van der Waals surface area contributed by atoms with Crippen molar-refractivity contribution < 1.29 is 13.3 Å². The molecule has 1 fully saturated rings. The van der Waals surface area contributed by atoms with Gasteiger partial charge in [0.2, 0.25) is 0 Å². The van der Waals surface area contributed by atoms with E-state index >= 15 is 0 Å². The van der Waals surface area contributed by atoms with Crippen LogP contribution in [0.4, 0.5) is 15.9 Å². The van der Waals surface area contributed by atoms with Gasteiger partial charge in [0.05, 0.1) is 40.7 Å². The predicted octanol–water partition coefficient (Wildman–Crippen LogP) is 3.00. The normalized spacial score (nSPS) is 14.4. The van der Waals surface area contributed by atoms with Crippen LogP contribution < -0.4 is 9.62 Å². The Balaban J connectivity index is 1.59. The second kappa shape index (κ2) is 9.85. The van der Waals surface area contributed by atoms with Crippen LogP contribution in [0.2, 0.25) is 0 Å². The number of halogens is 1. The van der Waals surface area contributed by atoms with Gasteiger partial charge < -0.3 is 9.64 Å². The lowest BCUT2D eigenvalue weighted by molar-refractivity contribution is 0.122. The maximum atomic E-state index is 13.1. The fraction of sp³-hybridized carbons (Fsp3) is 0.261. The van der Waals surface area contributed by atoms with Crippen molar-refractivity contribution >= 4 is 22.5 Å². The van der Waals surface area contributed by atoms with E-state index in [1.807, 2.05) is 13.8 Å². The van der Waals surface area contributed by atoms with E-state index in [1.54, 1.807) is 18.6 Å². The molecule has 1 atom stereocenters. The molecular weight excluding hydrogens is 429 g/mol. The number of pyridine rings is 1. The summed E-state index contributed by atoms with van der Waals surface area (Å²) in [6.07, 6.45) is 3.22. The molecule has 2 aromatic heterocycles. The quantitative estimate of drug-likeness (QED) is 0.615.